The summed E-state index contributed by atoms with van der Waals surface area (Å²) in [6.07, 6.45) is -1.07. The smallest absolute Gasteiger partial charge is 0.190 e. The van der Waals surface area contributed by atoms with E-state index in [1.807, 2.05) is 20.8 Å². The number of aliphatic hydroxyl groups is 1. The molecule has 5 atom stereocenters. The van der Waals surface area contributed by atoms with Gasteiger partial charge >= 0.3 is 0 Å². The van der Waals surface area contributed by atoms with Crippen molar-refractivity contribution in [3.63, 3.8) is 0 Å². The van der Waals surface area contributed by atoms with E-state index in [1.165, 1.54) is 0 Å². The first-order chi connectivity index (χ1) is 7.86. The quantitative estimate of drug-likeness (QED) is 0.806. The zero-order chi connectivity index (χ0) is 12.8. The van der Waals surface area contributed by atoms with Gasteiger partial charge in [0, 0.05) is 7.11 Å². The molecule has 0 amide bonds. The van der Waals surface area contributed by atoms with Crippen molar-refractivity contribution < 1.29 is 24.1 Å². The Morgan fingerprint density at radius 1 is 1.29 bits per heavy atom. The molecule has 2 aliphatic heterocycles. The van der Waals surface area contributed by atoms with Crippen LogP contribution in [0.4, 0.5) is 0 Å². The van der Waals surface area contributed by atoms with Crippen molar-refractivity contribution in [3.05, 3.63) is 0 Å². The Morgan fingerprint density at radius 2 is 1.94 bits per heavy atom. The van der Waals surface area contributed by atoms with Gasteiger partial charge in [-0.15, -0.1) is 0 Å². The van der Waals surface area contributed by atoms with E-state index in [4.69, 9.17) is 18.9 Å². The molecule has 5 nitrogen and oxygen atoms in total. The lowest BCUT2D eigenvalue weighted by molar-refractivity contribution is -0.259. The summed E-state index contributed by atoms with van der Waals surface area (Å²) in [7, 11) is 1.61. The summed E-state index contributed by atoms with van der Waals surface area (Å²) >= 11 is 0. The molecule has 0 unspecified atom stereocenters. The lowest BCUT2D eigenvalue weighted by Crippen LogP contribution is -2.52. The van der Waals surface area contributed by atoms with Crippen molar-refractivity contribution in [1.82, 2.24) is 0 Å². The first kappa shape index (κ1) is 13.2. The number of aliphatic hydroxyl groups excluding tert-OH is 1. The van der Waals surface area contributed by atoms with Gasteiger partial charge in [0.05, 0.1) is 6.10 Å². The summed E-state index contributed by atoms with van der Waals surface area (Å²) in [5, 5.41) is 9.97. The maximum absolute atomic E-state index is 9.97. The molecule has 0 spiro atoms. The van der Waals surface area contributed by atoms with Gasteiger partial charge in [0.25, 0.3) is 0 Å². The highest BCUT2D eigenvalue weighted by Crippen LogP contribution is 2.46. The molecule has 0 aromatic heterocycles. The summed E-state index contributed by atoms with van der Waals surface area (Å²) in [6.45, 7) is 7.36. The van der Waals surface area contributed by atoms with Crippen LogP contribution < -0.4 is 0 Å². The third kappa shape index (κ3) is 1.90. The second-order valence-electron chi connectivity index (χ2n) is 5.23. The van der Waals surface area contributed by atoms with Gasteiger partial charge in [-0.05, 0) is 27.2 Å². The molecule has 17 heavy (non-hydrogen) atoms. The van der Waals surface area contributed by atoms with Gasteiger partial charge in [-0.3, -0.25) is 0 Å². The molecule has 2 rings (SSSR count). The first-order valence-electron chi connectivity index (χ1n) is 6.10. The number of ether oxygens (including phenoxy) is 4. The van der Waals surface area contributed by atoms with Crippen LogP contribution in [0.3, 0.4) is 0 Å². The molecule has 0 radical (unpaired) electrons. The van der Waals surface area contributed by atoms with E-state index in [0.29, 0.717) is 6.42 Å². The number of fused-ring (bicyclic) bond motifs is 1. The van der Waals surface area contributed by atoms with Crippen LogP contribution in [-0.2, 0) is 18.9 Å². The molecule has 0 aromatic rings. The summed E-state index contributed by atoms with van der Waals surface area (Å²) in [5.41, 5.74) is -0.749. The van der Waals surface area contributed by atoms with Gasteiger partial charge in [0.15, 0.2) is 12.1 Å². The van der Waals surface area contributed by atoms with Crippen LogP contribution >= 0.6 is 0 Å². The number of hydrogen-bond donors (Lipinski definition) is 1. The van der Waals surface area contributed by atoms with E-state index in [1.54, 1.807) is 14.0 Å². The average molecular weight is 246 g/mol. The van der Waals surface area contributed by atoms with Gasteiger partial charge < -0.3 is 24.1 Å². The minimum Gasteiger partial charge on any atom is -0.390 e. The van der Waals surface area contributed by atoms with Crippen molar-refractivity contribution in [2.24, 2.45) is 0 Å². The molecule has 2 aliphatic rings. The normalized spacial score (nSPS) is 45.9. The van der Waals surface area contributed by atoms with E-state index in [2.05, 4.69) is 0 Å². The molecule has 0 saturated carbocycles. The third-order valence-electron chi connectivity index (χ3n) is 3.72. The number of methoxy groups -OCH3 is 1. The van der Waals surface area contributed by atoms with Crippen LogP contribution in [-0.4, -0.2) is 48.2 Å². The highest BCUT2D eigenvalue weighted by molar-refractivity contribution is 5.06. The first-order valence-corrected chi connectivity index (χ1v) is 6.10. The van der Waals surface area contributed by atoms with Gasteiger partial charge in [-0.2, -0.15) is 0 Å². The molecule has 1 N–H and O–H groups in total. The van der Waals surface area contributed by atoms with Gasteiger partial charge in [-0.25, -0.2) is 0 Å². The summed E-state index contributed by atoms with van der Waals surface area (Å²) in [5.74, 6) is -0.662. The zero-order valence-electron chi connectivity index (χ0n) is 11.1. The molecule has 5 heteroatoms. The monoisotopic (exact) mass is 246 g/mol. The van der Waals surface area contributed by atoms with E-state index >= 15 is 0 Å². The fraction of sp³-hybridized carbons (Fsp3) is 1.00. The largest absolute Gasteiger partial charge is 0.390 e. The van der Waals surface area contributed by atoms with Gasteiger partial charge in [0.2, 0.25) is 0 Å². The summed E-state index contributed by atoms with van der Waals surface area (Å²) in [4.78, 5) is 0. The zero-order valence-corrected chi connectivity index (χ0v) is 11.1. The van der Waals surface area contributed by atoms with Gasteiger partial charge in [-0.1, -0.05) is 6.92 Å². The van der Waals surface area contributed by atoms with E-state index in [-0.39, 0.29) is 12.2 Å². The Bertz CT molecular complexity index is 291. The molecule has 100 valence electrons. The van der Waals surface area contributed by atoms with Crippen molar-refractivity contribution in [3.8, 4) is 0 Å². The highest BCUT2D eigenvalue weighted by Gasteiger charge is 2.63. The molecule has 0 aromatic carbocycles. The predicted octanol–water partition coefficient (Wildman–Crippen LogP) is 1.04. The molecular formula is C12H22O5. The fourth-order valence-corrected chi connectivity index (χ4v) is 2.86. The lowest BCUT2D eigenvalue weighted by Gasteiger charge is -2.37. The van der Waals surface area contributed by atoms with Crippen molar-refractivity contribution in [2.45, 2.75) is 70.1 Å². The maximum Gasteiger partial charge on any atom is 0.190 e. The van der Waals surface area contributed by atoms with Crippen LogP contribution in [0.25, 0.3) is 0 Å². The second-order valence-corrected chi connectivity index (χ2v) is 5.23. The molecule has 2 saturated heterocycles. The van der Waals surface area contributed by atoms with Crippen molar-refractivity contribution >= 4 is 0 Å². The summed E-state index contributed by atoms with van der Waals surface area (Å²) < 4.78 is 22.9. The van der Waals surface area contributed by atoms with Crippen LogP contribution in [0.5, 0.6) is 0 Å². The third-order valence-corrected chi connectivity index (χ3v) is 3.72. The highest BCUT2D eigenvalue weighted by atomic mass is 16.8. The van der Waals surface area contributed by atoms with Crippen LogP contribution in [0.1, 0.15) is 34.1 Å². The minimum absolute atomic E-state index is 0.287. The predicted molar refractivity (Wildman–Crippen MR) is 60.4 cm³/mol. The number of rotatable bonds is 3. The molecule has 0 aliphatic carbocycles. The van der Waals surface area contributed by atoms with Crippen molar-refractivity contribution in [1.29, 1.82) is 0 Å². The van der Waals surface area contributed by atoms with Crippen LogP contribution in [0.15, 0.2) is 0 Å². The van der Waals surface area contributed by atoms with Gasteiger partial charge in [0.1, 0.15) is 17.8 Å². The van der Waals surface area contributed by atoms with Crippen molar-refractivity contribution in [2.75, 3.05) is 7.11 Å². The molecular weight excluding hydrogens is 224 g/mol. The Morgan fingerprint density at radius 3 is 2.41 bits per heavy atom. The molecule has 2 heterocycles. The Kier molecular flexibility index (Phi) is 3.25. The lowest BCUT2D eigenvalue weighted by atomic mass is 9.87. The maximum atomic E-state index is 9.97. The van der Waals surface area contributed by atoms with E-state index in [9.17, 15) is 5.11 Å². The van der Waals surface area contributed by atoms with E-state index in [0.717, 1.165) is 0 Å². The topological polar surface area (TPSA) is 57.2 Å². The molecule has 2 fully saturated rings. The minimum atomic E-state index is -0.749. The standard InChI is InChI=1S/C12H22O5/c1-6-12(7(2)13)9(14-5)8-10(17-12)16-11(3,4)15-8/h7-10,13H,6H2,1-5H3/t7-,8+,9-,10-,12+/m0/s1. The second kappa shape index (κ2) is 4.17. The fourth-order valence-electron chi connectivity index (χ4n) is 2.86. The molecule has 0 bridgehead atoms. The summed E-state index contributed by atoms with van der Waals surface area (Å²) in [6, 6.07) is 0. The SMILES string of the molecule is CC[C@]1([C@H](C)O)O[C@@H]2OC(C)(C)O[C@@H]2[C@@H]1OC. The Hall–Kier alpha value is -0.200. The number of hydrogen-bond acceptors (Lipinski definition) is 5. The Balaban J connectivity index is 2.26. The Labute approximate surface area is 102 Å². The van der Waals surface area contributed by atoms with Crippen LogP contribution in [0, 0.1) is 0 Å². The average Bonchev–Trinajstić information content (AvgIpc) is 2.66. The van der Waals surface area contributed by atoms with E-state index < -0.39 is 23.8 Å². The van der Waals surface area contributed by atoms with Crippen LogP contribution in [0.2, 0.25) is 0 Å².